The summed E-state index contributed by atoms with van der Waals surface area (Å²) in [5.74, 6) is -0.952. The van der Waals surface area contributed by atoms with Gasteiger partial charge in [0.15, 0.2) is 0 Å². The van der Waals surface area contributed by atoms with E-state index in [0.717, 1.165) is 22.0 Å². The second kappa shape index (κ2) is 8.29. The summed E-state index contributed by atoms with van der Waals surface area (Å²) < 4.78 is 0. The van der Waals surface area contributed by atoms with Crippen LogP contribution >= 0.6 is 0 Å². The monoisotopic (exact) mass is 399 g/mol. The molecule has 0 spiro atoms. The average Bonchev–Trinajstić information content (AvgIpc) is 3.06. The first-order chi connectivity index (χ1) is 14.5. The zero-order chi connectivity index (χ0) is 21.1. The van der Waals surface area contributed by atoms with Crippen molar-refractivity contribution >= 4 is 34.7 Å². The number of likely N-dealkylation sites (tertiary alicyclic amines) is 1. The highest BCUT2D eigenvalue weighted by molar-refractivity contribution is 6.07. The smallest absolute Gasteiger partial charge is 0.252 e. The Hall–Kier alpha value is -3.80. The Balaban J connectivity index is 1.48. The molecule has 2 aromatic carbocycles. The zero-order valence-corrected chi connectivity index (χ0v) is 16.6. The Bertz CT molecular complexity index is 1140. The highest BCUT2D eigenvalue weighted by Gasteiger charge is 2.41. The van der Waals surface area contributed by atoms with Gasteiger partial charge >= 0.3 is 0 Å². The van der Waals surface area contributed by atoms with E-state index >= 15 is 0 Å². The summed E-state index contributed by atoms with van der Waals surface area (Å²) in [5, 5.41) is 0.980. The fourth-order valence-corrected chi connectivity index (χ4v) is 3.59. The molecule has 1 fully saturated rings. The van der Waals surface area contributed by atoms with Crippen molar-refractivity contribution in [3.63, 3.8) is 0 Å². The maximum absolute atomic E-state index is 12.8. The van der Waals surface area contributed by atoms with Gasteiger partial charge in [-0.25, -0.2) is 0 Å². The number of carbonyl (C=O) groups excluding carboxylic acids is 3. The van der Waals surface area contributed by atoms with E-state index in [1.807, 2.05) is 60.7 Å². The van der Waals surface area contributed by atoms with Crippen molar-refractivity contribution in [1.82, 2.24) is 14.8 Å². The van der Waals surface area contributed by atoms with Gasteiger partial charge in [0.05, 0.1) is 18.5 Å². The topological polar surface area (TPSA) is 70.6 Å². The van der Waals surface area contributed by atoms with E-state index in [1.54, 1.807) is 19.3 Å². The second-order valence-electron chi connectivity index (χ2n) is 7.23. The van der Waals surface area contributed by atoms with Gasteiger partial charge in [-0.3, -0.25) is 24.3 Å². The molecule has 3 amide bonds. The van der Waals surface area contributed by atoms with E-state index < -0.39 is 6.04 Å². The molecule has 6 nitrogen and oxygen atoms in total. The Morgan fingerprint density at radius 2 is 1.87 bits per heavy atom. The van der Waals surface area contributed by atoms with E-state index in [9.17, 15) is 14.4 Å². The Kier molecular flexibility index (Phi) is 5.39. The maximum atomic E-state index is 12.8. The van der Waals surface area contributed by atoms with Gasteiger partial charge in [0.25, 0.3) is 5.91 Å². The molecule has 1 aliphatic rings. The number of pyridine rings is 1. The molecule has 0 unspecified atom stereocenters. The van der Waals surface area contributed by atoms with E-state index in [4.69, 9.17) is 0 Å². The number of nitrogens with zero attached hydrogens (tertiary/aromatic N) is 3. The van der Waals surface area contributed by atoms with Crippen LogP contribution in [0.3, 0.4) is 0 Å². The van der Waals surface area contributed by atoms with Crippen LogP contribution in [0.15, 0.2) is 72.9 Å². The summed E-state index contributed by atoms with van der Waals surface area (Å²) in [6.07, 6.45) is 4.81. The molecule has 4 rings (SSSR count). The molecule has 0 saturated carbocycles. The number of imide groups is 1. The van der Waals surface area contributed by atoms with Crippen LogP contribution in [0.5, 0.6) is 0 Å². The largest absolute Gasteiger partial charge is 0.330 e. The Morgan fingerprint density at radius 1 is 1.10 bits per heavy atom. The molecular formula is C24H21N3O3. The van der Waals surface area contributed by atoms with Gasteiger partial charge in [0.2, 0.25) is 11.8 Å². The van der Waals surface area contributed by atoms with Gasteiger partial charge in [-0.15, -0.1) is 0 Å². The molecule has 150 valence electrons. The van der Waals surface area contributed by atoms with Crippen LogP contribution in [0.25, 0.3) is 17.0 Å². The third-order valence-electron chi connectivity index (χ3n) is 5.29. The van der Waals surface area contributed by atoms with Crippen LogP contribution in [0, 0.1) is 0 Å². The molecule has 6 heteroatoms. The lowest BCUT2D eigenvalue weighted by molar-refractivity contribution is -0.142. The van der Waals surface area contributed by atoms with Crippen molar-refractivity contribution in [3.05, 3.63) is 84.1 Å². The van der Waals surface area contributed by atoms with E-state index in [0.29, 0.717) is 0 Å². The highest BCUT2D eigenvalue weighted by Crippen LogP contribution is 2.21. The van der Waals surface area contributed by atoms with Crippen LogP contribution in [0.4, 0.5) is 0 Å². The van der Waals surface area contributed by atoms with Crippen molar-refractivity contribution in [2.75, 3.05) is 7.05 Å². The van der Waals surface area contributed by atoms with E-state index in [2.05, 4.69) is 4.98 Å². The van der Waals surface area contributed by atoms with Crippen LogP contribution in [-0.4, -0.2) is 45.6 Å². The first kappa shape index (κ1) is 19.5. The lowest BCUT2D eigenvalue weighted by Crippen LogP contribution is -2.42. The highest BCUT2D eigenvalue weighted by atomic mass is 16.2. The number of likely N-dealkylation sites (N-methyl/N-ethyl adjacent to an activating group) is 1. The predicted octanol–water partition coefficient (Wildman–Crippen LogP) is 3.03. The number of fused-ring (bicyclic) bond motifs is 1. The molecule has 30 heavy (non-hydrogen) atoms. The number of carbonyl (C=O) groups is 3. The zero-order valence-electron chi connectivity index (χ0n) is 16.6. The minimum absolute atomic E-state index is 0.00241. The molecule has 0 aliphatic carbocycles. The first-order valence-corrected chi connectivity index (χ1v) is 9.71. The number of rotatable bonds is 5. The van der Waals surface area contributed by atoms with Gasteiger partial charge < -0.3 is 4.90 Å². The first-order valence-electron chi connectivity index (χ1n) is 9.71. The number of hydrogen-bond donors (Lipinski definition) is 0. The number of hydrogen-bond acceptors (Lipinski definition) is 4. The lowest BCUT2D eigenvalue weighted by Gasteiger charge is -2.22. The van der Waals surface area contributed by atoms with Crippen molar-refractivity contribution in [2.24, 2.45) is 0 Å². The fourth-order valence-electron chi connectivity index (χ4n) is 3.59. The molecule has 0 radical (unpaired) electrons. The molecule has 1 saturated heterocycles. The Morgan fingerprint density at radius 3 is 2.67 bits per heavy atom. The summed E-state index contributed by atoms with van der Waals surface area (Å²) in [4.78, 5) is 44.8. The van der Waals surface area contributed by atoms with Gasteiger partial charge in [0, 0.05) is 30.3 Å². The van der Waals surface area contributed by atoms with Crippen molar-refractivity contribution in [1.29, 1.82) is 0 Å². The van der Waals surface area contributed by atoms with Crippen LogP contribution in [0.1, 0.15) is 17.5 Å². The third-order valence-corrected chi connectivity index (χ3v) is 5.29. The van der Waals surface area contributed by atoms with Crippen molar-refractivity contribution in [2.45, 2.75) is 19.0 Å². The molecule has 1 atom stereocenters. The molecule has 1 aliphatic heterocycles. The van der Waals surface area contributed by atoms with E-state index in [-0.39, 0.29) is 30.7 Å². The molecule has 0 N–H and O–H groups in total. The summed E-state index contributed by atoms with van der Waals surface area (Å²) in [5.41, 5.74) is 2.49. The Labute approximate surface area is 174 Å². The van der Waals surface area contributed by atoms with Gasteiger partial charge in [-0.2, -0.15) is 0 Å². The summed E-state index contributed by atoms with van der Waals surface area (Å²) in [6, 6.07) is 18.1. The molecule has 3 aromatic rings. The summed E-state index contributed by atoms with van der Waals surface area (Å²) >= 11 is 0. The number of aromatic nitrogens is 1. The quantitative estimate of drug-likeness (QED) is 0.488. The number of para-hydroxylation sites is 1. The number of benzene rings is 2. The lowest BCUT2D eigenvalue weighted by atomic mass is 10.1. The molecular weight excluding hydrogens is 378 g/mol. The van der Waals surface area contributed by atoms with Crippen LogP contribution < -0.4 is 0 Å². The van der Waals surface area contributed by atoms with Gasteiger partial charge in [-0.05, 0) is 17.7 Å². The third kappa shape index (κ3) is 3.85. The minimum Gasteiger partial charge on any atom is -0.330 e. The summed E-state index contributed by atoms with van der Waals surface area (Å²) in [6.45, 7) is 0.217. The van der Waals surface area contributed by atoms with Gasteiger partial charge in [0.1, 0.15) is 6.04 Å². The predicted molar refractivity (Wildman–Crippen MR) is 114 cm³/mol. The SMILES string of the molecule is CN(C(=O)/C=C\c1cccc2cccnc12)[C@@H]1CC(=O)N(Cc2ccccc2)C1=O. The summed E-state index contributed by atoms with van der Waals surface area (Å²) in [7, 11) is 1.55. The fraction of sp³-hybridized carbons (Fsp3) is 0.167. The second-order valence-corrected chi connectivity index (χ2v) is 7.23. The van der Waals surface area contributed by atoms with Crippen molar-refractivity contribution < 1.29 is 14.4 Å². The van der Waals surface area contributed by atoms with Crippen LogP contribution in [0.2, 0.25) is 0 Å². The number of amides is 3. The molecule has 2 heterocycles. The normalized spacial score (nSPS) is 16.6. The van der Waals surface area contributed by atoms with Crippen LogP contribution in [-0.2, 0) is 20.9 Å². The minimum atomic E-state index is -0.788. The maximum Gasteiger partial charge on any atom is 0.252 e. The molecule has 1 aromatic heterocycles. The van der Waals surface area contributed by atoms with Crippen molar-refractivity contribution in [3.8, 4) is 0 Å². The van der Waals surface area contributed by atoms with E-state index in [1.165, 1.54) is 15.9 Å². The van der Waals surface area contributed by atoms with Gasteiger partial charge in [-0.1, -0.05) is 54.6 Å². The average molecular weight is 399 g/mol. The molecule has 0 bridgehead atoms. The standard InChI is InChI=1S/C24H21N3O3/c1-26(20-15-22(29)27(24(20)30)16-17-7-3-2-4-8-17)21(28)13-12-19-10-5-9-18-11-6-14-25-23(18)19/h2-14,20H,15-16H2,1H3/b13-12-/t20-/m1/s1.